The van der Waals surface area contributed by atoms with Crippen LogP contribution in [-0.4, -0.2) is 16.2 Å². The number of fused-ring (bicyclic) bond motifs is 1. The second-order valence-corrected chi connectivity index (χ2v) is 3.92. The lowest BCUT2D eigenvalue weighted by molar-refractivity contribution is 0.316. The zero-order valence-electron chi connectivity index (χ0n) is 8.01. The first-order valence-electron chi connectivity index (χ1n) is 4.83. The summed E-state index contributed by atoms with van der Waals surface area (Å²) in [6.45, 7) is 0.658. The van der Waals surface area contributed by atoms with E-state index in [9.17, 15) is 0 Å². The van der Waals surface area contributed by atoms with Crippen LogP contribution in [0.1, 0.15) is 11.6 Å². The fourth-order valence-corrected chi connectivity index (χ4v) is 2.21. The Hall–Kier alpha value is -1.55. The highest BCUT2D eigenvalue weighted by molar-refractivity contribution is 7.71. The summed E-state index contributed by atoms with van der Waals surface area (Å²) < 4.78 is 8.37. The van der Waals surface area contributed by atoms with E-state index in [2.05, 4.69) is 11.1 Å². The topological polar surface area (TPSA) is 29.9 Å². The lowest BCUT2D eigenvalue weighted by atomic mass is 10.1. The summed E-state index contributed by atoms with van der Waals surface area (Å²) >= 11 is 5.20. The number of benzene rings is 1. The van der Waals surface area contributed by atoms with Crippen molar-refractivity contribution in [3.05, 3.63) is 47.0 Å². The van der Waals surface area contributed by atoms with E-state index in [0.717, 1.165) is 10.5 Å². The number of hydrogen-bond acceptors (Lipinski definition) is 2. The van der Waals surface area contributed by atoms with E-state index in [4.69, 9.17) is 17.0 Å². The van der Waals surface area contributed by atoms with Gasteiger partial charge in [0.05, 0.1) is 6.04 Å². The third-order valence-corrected chi connectivity index (χ3v) is 3.02. The molecule has 3 nitrogen and oxygen atoms in total. The van der Waals surface area contributed by atoms with Crippen molar-refractivity contribution in [2.45, 2.75) is 6.04 Å². The van der Waals surface area contributed by atoms with Crippen molar-refractivity contribution < 1.29 is 4.74 Å². The van der Waals surface area contributed by atoms with Crippen molar-refractivity contribution in [1.82, 2.24) is 9.55 Å². The van der Waals surface area contributed by atoms with E-state index >= 15 is 0 Å². The molecular formula is C11H10N2OS. The van der Waals surface area contributed by atoms with Crippen LogP contribution in [0.5, 0.6) is 5.75 Å². The van der Waals surface area contributed by atoms with Gasteiger partial charge >= 0.3 is 0 Å². The molecule has 0 fully saturated rings. The van der Waals surface area contributed by atoms with E-state index in [1.807, 2.05) is 35.2 Å². The number of ether oxygens (including phenoxy) is 1. The van der Waals surface area contributed by atoms with E-state index in [-0.39, 0.29) is 6.04 Å². The number of hydrogen-bond donors (Lipinski definition) is 1. The van der Waals surface area contributed by atoms with Crippen LogP contribution >= 0.6 is 12.2 Å². The van der Waals surface area contributed by atoms with Gasteiger partial charge in [0.2, 0.25) is 0 Å². The minimum absolute atomic E-state index is 0.208. The first kappa shape index (κ1) is 8.73. The molecule has 0 saturated carbocycles. The Morgan fingerprint density at radius 2 is 2.27 bits per heavy atom. The lowest BCUT2D eigenvalue weighted by Gasteiger charge is -2.09. The minimum atomic E-state index is 0.208. The zero-order valence-corrected chi connectivity index (χ0v) is 8.83. The molecule has 1 N–H and O–H groups in total. The minimum Gasteiger partial charge on any atom is -0.491 e. The average Bonchev–Trinajstić information content (AvgIpc) is 2.83. The van der Waals surface area contributed by atoms with Crippen LogP contribution in [0.15, 0.2) is 36.7 Å². The molecule has 1 atom stereocenters. The van der Waals surface area contributed by atoms with Gasteiger partial charge in [-0.1, -0.05) is 18.2 Å². The molecule has 1 aliphatic heterocycles. The normalized spacial score (nSPS) is 18.5. The number of aromatic amines is 1. The highest BCUT2D eigenvalue weighted by Gasteiger charge is 2.24. The van der Waals surface area contributed by atoms with Crippen LogP contribution in [0.25, 0.3) is 0 Å². The second kappa shape index (κ2) is 3.24. The maximum Gasteiger partial charge on any atom is 0.177 e. The quantitative estimate of drug-likeness (QED) is 0.745. The number of aromatic nitrogens is 2. The van der Waals surface area contributed by atoms with Crippen LogP contribution in [0.3, 0.4) is 0 Å². The number of nitrogens with zero attached hydrogens (tertiary/aromatic N) is 1. The number of nitrogens with one attached hydrogen (secondary N) is 1. The van der Waals surface area contributed by atoms with Crippen molar-refractivity contribution in [3.8, 4) is 5.75 Å². The van der Waals surface area contributed by atoms with Gasteiger partial charge in [-0.25, -0.2) is 0 Å². The van der Waals surface area contributed by atoms with Crippen molar-refractivity contribution in [3.63, 3.8) is 0 Å². The van der Waals surface area contributed by atoms with Gasteiger partial charge in [0, 0.05) is 18.0 Å². The summed E-state index contributed by atoms with van der Waals surface area (Å²) in [5, 5.41) is 0. The van der Waals surface area contributed by atoms with Gasteiger partial charge in [0.15, 0.2) is 4.77 Å². The van der Waals surface area contributed by atoms with E-state index < -0.39 is 0 Å². The van der Waals surface area contributed by atoms with Gasteiger partial charge < -0.3 is 14.3 Å². The molecule has 2 aromatic rings. The number of rotatable bonds is 1. The molecule has 0 bridgehead atoms. The Morgan fingerprint density at radius 1 is 1.40 bits per heavy atom. The van der Waals surface area contributed by atoms with Gasteiger partial charge in [-0.15, -0.1) is 0 Å². The molecule has 4 heteroatoms. The summed E-state index contributed by atoms with van der Waals surface area (Å²) in [4.78, 5) is 3.00. The summed E-state index contributed by atoms with van der Waals surface area (Å²) in [5.74, 6) is 0.964. The van der Waals surface area contributed by atoms with Gasteiger partial charge in [0.25, 0.3) is 0 Å². The molecule has 1 unspecified atom stereocenters. The molecule has 76 valence electrons. The maximum absolute atomic E-state index is 5.61. The Kier molecular flexibility index (Phi) is 1.89. The van der Waals surface area contributed by atoms with Crippen molar-refractivity contribution in [1.29, 1.82) is 0 Å². The molecule has 1 aromatic heterocycles. The van der Waals surface area contributed by atoms with Crippen LogP contribution in [0.2, 0.25) is 0 Å². The molecule has 0 aliphatic carbocycles. The molecular weight excluding hydrogens is 208 g/mol. The standard InChI is InChI=1S/C11H10N2OS/c15-11-12-5-6-13(11)9-7-14-10-4-2-1-3-8(9)10/h1-6,9H,7H2,(H,12,15). The molecule has 0 radical (unpaired) electrons. The Morgan fingerprint density at radius 3 is 3.07 bits per heavy atom. The van der Waals surface area contributed by atoms with Crippen molar-refractivity contribution >= 4 is 12.2 Å². The van der Waals surface area contributed by atoms with E-state index in [1.165, 1.54) is 5.56 Å². The SMILES string of the molecule is S=c1[nH]ccn1C1COc2ccccc21. The second-order valence-electron chi connectivity index (χ2n) is 3.54. The molecule has 1 aromatic carbocycles. The van der Waals surface area contributed by atoms with Crippen molar-refractivity contribution in [2.24, 2.45) is 0 Å². The Labute approximate surface area is 92.3 Å². The Bertz CT molecular complexity index is 543. The first-order valence-corrected chi connectivity index (χ1v) is 5.24. The Balaban J connectivity index is 2.12. The molecule has 2 heterocycles. The van der Waals surface area contributed by atoms with Crippen molar-refractivity contribution in [2.75, 3.05) is 6.61 Å². The average molecular weight is 218 g/mol. The summed E-state index contributed by atoms with van der Waals surface area (Å²) in [6.07, 6.45) is 3.81. The van der Waals surface area contributed by atoms with E-state index in [1.54, 1.807) is 0 Å². The van der Waals surface area contributed by atoms with Crippen LogP contribution in [-0.2, 0) is 0 Å². The highest BCUT2D eigenvalue weighted by atomic mass is 32.1. The third-order valence-electron chi connectivity index (χ3n) is 2.69. The van der Waals surface area contributed by atoms with Crippen LogP contribution in [0, 0.1) is 4.77 Å². The smallest absolute Gasteiger partial charge is 0.177 e. The van der Waals surface area contributed by atoms with Gasteiger partial charge in [-0.3, -0.25) is 0 Å². The van der Waals surface area contributed by atoms with Crippen LogP contribution in [0.4, 0.5) is 0 Å². The molecule has 1 aliphatic rings. The zero-order chi connectivity index (χ0) is 10.3. The molecule has 0 spiro atoms. The first-order chi connectivity index (χ1) is 7.36. The number of H-pyrrole nitrogens is 1. The monoisotopic (exact) mass is 218 g/mol. The maximum atomic E-state index is 5.61. The summed E-state index contributed by atoms with van der Waals surface area (Å²) in [7, 11) is 0. The molecule has 0 amide bonds. The summed E-state index contributed by atoms with van der Waals surface area (Å²) in [5.41, 5.74) is 1.20. The predicted molar refractivity (Wildman–Crippen MR) is 59.7 cm³/mol. The molecule has 15 heavy (non-hydrogen) atoms. The highest BCUT2D eigenvalue weighted by Crippen LogP contribution is 2.34. The molecule has 0 saturated heterocycles. The van der Waals surface area contributed by atoms with E-state index in [0.29, 0.717) is 6.61 Å². The van der Waals surface area contributed by atoms with Gasteiger partial charge in [0.1, 0.15) is 12.4 Å². The largest absolute Gasteiger partial charge is 0.491 e. The number of imidazole rings is 1. The van der Waals surface area contributed by atoms with Gasteiger partial charge in [-0.05, 0) is 18.3 Å². The van der Waals surface area contributed by atoms with Gasteiger partial charge in [-0.2, -0.15) is 0 Å². The molecule has 3 rings (SSSR count). The fraction of sp³-hybridized carbons (Fsp3) is 0.182. The number of para-hydroxylation sites is 1. The third kappa shape index (κ3) is 1.29. The fourth-order valence-electron chi connectivity index (χ4n) is 1.95. The van der Waals surface area contributed by atoms with Crippen LogP contribution < -0.4 is 4.74 Å². The predicted octanol–water partition coefficient (Wildman–Crippen LogP) is 2.53. The lowest BCUT2D eigenvalue weighted by Crippen LogP contribution is -2.10. The summed E-state index contributed by atoms with van der Waals surface area (Å²) in [6, 6.07) is 8.29.